The second-order valence-electron chi connectivity index (χ2n) is 5.55. The van der Waals surface area contributed by atoms with Crippen LogP contribution in [0.5, 0.6) is 5.75 Å². The number of carbonyl (C=O) groups is 2. The van der Waals surface area contributed by atoms with Crippen molar-refractivity contribution in [3.05, 3.63) is 23.8 Å². The number of nitrogens with zero attached hydrogens (tertiary/aromatic N) is 1. The number of hydrogen-bond acceptors (Lipinski definition) is 5. The molecule has 6 heteroatoms. The molecule has 0 saturated heterocycles. The minimum absolute atomic E-state index is 0.104. The Morgan fingerprint density at radius 1 is 1.21 bits per heavy atom. The third-order valence-corrected chi connectivity index (χ3v) is 3.78. The van der Waals surface area contributed by atoms with E-state index in [2.05, 4.69) is 24.1 Å². The molecular weight excluding hydrogens is 308 g/mol. The molecule has 0 aliphatic heterocycles. The van der Waals surface area contributed by atoms with Crippen molar-refractivity contribution in [1.29, 1.82) is 0 Å². The zero-order valence-corrected chi connectivity index (χ0v) is 14.8. The van der Waals surface area contributed by atoms with Crippen LogP contribution in [-0.2, 0) is 9.53 Å². The van der Waals surface area contributed by atoms with Crippen LogP contribution in [-0.4, -0.2) is 48.1 Å². The molecule has 0 bridgehead atoms. The molecule has 134 valence electrons. The highest BCUT2D eigenvalue weighted by Crippen LogP contribution is 2.23. The van der Waals surface area contributed by atoms with Crippen LogP contribution in [0.4, 0.5) is 5.69 Å². The number of ether oxygens (including phenoxy) is 1. The van der Waals surface area contributed by atoms with Gasteiger partial charge >= 0.3 is 5.97 Å². The number of carbonyl (C=O) groups excluding carboxylic acids is 2. The van der Waals surface area contributed by atoms with Crippen LogP contribution in [0.3, 0.4) is 0 Å². The number of unbranched alkanes of at least 4 members (excludes halogenated alkanes) is 1. The summed E-state index contributed by atoms with van der Waals surface area (Å²) in [5.74, 6) is -0.877. The van der Waals surface area contributed by atoms with Gasteiger partial charge in [0.05, 0.1) is 6.61 Å². The predicted molar refractivity (Wildman–Crippen MR) is 94.3 cm³/mol. The molecule has 0 radical (unpaired) electrons. The lowest BCUT2D eigenvalue weighted by molar-refractivity contribution is -0.116. The number of rotatable bonds is 10. The van der Waals surface area contributed by atoms with Gasteiger partial charge in [-0.15, -0.1) is 0 Å². The van der Waals surface area contributed by atoms with Crippen molar-refractivity contribution in [2.45, 2.75) is 40.0 Å². The van der Waals surface area contributed by atoms with Gasteiger partial charge in [0.15, 0.2) is 0 Å². The molecule has 0 aliphatic carbocycles. The van der Waals surface area contributed by atoms with E-state index in [0.29, 0.717) is 25.3 Å². The Balaban J connectivity index is 2.57. The SMILES string of the molecule is CCCCOC(=O)c1ccc(NC(=O)CCN(CC)CC)cc1O. The molecule has 0 aromatic heterocycles. The molecule has 0 heterocycles. The number of amides is 1. The summed E-state index contributed by atoms with van der Waals surface area (Å²) in [4.78, 5) is 25.9. The summed E-state index contributed by atoms with van der Waals surface area (Å²) in [5, 5.41) is 12.7. The zero-order valence-electron chi connectivity index (χ0n) is 14.8. The van der Waals surface area contributed by atoms with Crippen molar-refractivity contribution in [3.8, 4) is 5.75 Å². The average molecular weight is 336 g/mol. The maximum Gasteiger partial charge on any atom is 0.341 e. The van der Waals surface area contributed by atoms with Crippen LogP contribution in [0.1, 0.15) is 50.4 Å². The first kappa shape index (κ1) is 20.0. The van der Waals surface area contributed by atoms with Crippen LogP contribution < -0.4 is 5.32 Å². The summed E-state index contributed by atoms with van der Waals surface area (Å²) in [6.45, 7) is 8.93. The summed E-state index contributed by atoms with van der Waals surface area (Å²) in [7, 11) is 0. The van der Waals surface area contributed by atoms with Gasteiger partial charge in [0, 0.05) is 24.7 Å². The average Bonchev–Trinajstić information content (AvgIpc) is 2.56. The number of nitrogens with one attached hydrogen (secondary N) is 1. The Kier molecular flexibility index (Phi) is 8.86. The van der Waals surface area contributed by atoms with E-state index in [1.807, 2.05) is 6.92 Å². The molecule has 1 rings (SSSR count). The van der Waals surface area contributed by atoms with Crippen LogP contribution >= 0.6 is 0 Å². The topological polar surface area (TPSA) is 78.9 Å². The summed E-state index contributed by atoms with van der Waals surface area (Å²) in [6.07, 6.45) is 2.09. The molecule has 1 amide bonds. The van der Waals surface area contributed by atoms with Crippen molar-refractivity contribution in [1.82, 2.24) is 4.90 Å². The Morgan fingerprint density at radius 2 is 1.92 bits per heavy atom. The Hall–Kier alpha value is -2.08. The van der Waals surface area contributed by atoms with Gasteiger partial charge in [-0.2, -0.15) is 0 Å². The van der Waals surface area contributed by atoms with Crippen molar-refractivity contribution in [2.24, 2.45) is 0 Å². The number of esters is 1. The maximum absolute atomic E-state index is 11.9. The van der Waals surface area contributed by atoms with Gasteiger partial charge < -0.3 is 20.1 Å². The minimum atomic E-state index is -0.555. The van der Waals surface area contributed by atoms with Crippen molar-refractivity contribution >= 4 is 17.6 Å². The predicted octanol–water partition coefficient (Wildman–Crippen LogP) is 3.02. The van der Waals surface area contributed by atoms with Crippen molar-refractivity contribution < 1.29 is 19.4 Å². The van der Waals surface area contributed by atoms with Gasteiger partial charge in [-0.25, -0.2) is 4.79 Å². The van der Waals surface area contributed by atoms with E-state index in [0.717, 1.165) is 25.9 Å². The molecule has 1 aromatic rings. The number of hydrogen-bond donors (Lipinski definition) is 2. The summed E-state index contributed by atoms with van der Waals surface area (Å²) < 4.78 is 5.07. The first-order chi connectivity index (χ1) is 11.5. The van der Waals surface area contributed by atoms with Gasteiger partial charge in [-0.05, 0) is 31.6 Å². The highest BCUT2D eigenvalue weighted by molar-refractivity contribution is 5.95. The van der Waals surface area contributed by atoms with Crippen LogP contribution in [0.25, 0.3) is 0 Å². The van der Waals surface area contributed by atoms with E-state index < -0.39 is 5.97 Å². The summed E-state index contributed by atoms with van der Waals surface area (Å²) in [6, 6.07) is 4.42. The van der Waals surface area contributed by atoms with Crippen molar-refractivity contribution in [2.75, 3.05) is 31.6 Å². The number of benzene rings is 1. The number of anilines is 1. The molecule has 0 unspecified atom stereocenters. The fraction of sp³-hybridized carbons (Fsp3) is 0.556. The molecule has 0 saturated carbocycles. The van der Waals surface area contributed by atoms with E-state index in [9.17, 15) is 14.7 Å². The lowest BCUT2D eigenvalue weighted by Gasteiger charge is -2.17. The molecule has 0 spiro atoms. The number of phenolic OH excluding ortho intramolecular Hbond substituents is 1. The van der Waals surface area contributed by atoms with Crippen molar-refractivity contribution in [3.63, 3.8) is 0 Å². The molecule has 0 fully saturated rings. The second-order valence-corrected chi connectivity index (χ2v) is 5.55. The molecule has 1 aromatic carbocycles. The standard InChI is InChI=1S/C18H28N2O4/c1-4-7-12-24-18(23)15-9-8-14(13-16(15)21)19-17(22)10-11-20(5-2)6-3/h8-9,13,21H,4-7,10-12H2,1-3H3,(H,19,22). The molecular formula is C18H28N2O4. The van der Waals surface area contributed by atoms with Crippen LogP contribution in [0.2, 0.25) is 0 Å². The first-order valence-corrected chi connectivity index (χ1v) is 8.54. The normalized spacial score (nSPS) is 10.7. The number of phenols is 1. The molecule has 2 N–H and O–H groups in total. The highest BCUT2D eigenvalue weighted by atomic mass is 16.5. The monoisotopic (exact) mass is 336 g/mol. The fourth-order valence-corrected chi connectivity index (χ4v) is 2.19. The minimum Gasteiger partial charge on any atom is -0.507 e. The Morgan fingerprint density at radius 3 is 2.50 bits per heavy atom. The van der Waals surface area contributed by atoms with Gasteiger partial charge in [0.1, 0.15) is 11.3 Å². The highest BCUT2D eigenvalue weighted by Gasteiger charge is 2.14. The number of aromatic hydroxyl groups is 1. The third kappa shape index (κ3) is 6.58. The fourth-order valence-electron chi connectivity index (χ4n) is 2.19. The molecule has 24 heavy (non-hydrogen) atoms. The maximum atomic E-state index is 11.9. The van der Waals surface area contributed by atoms with E-state index in [4.69, 9.17) is 4.74 Å². The zero-order chi connectivity index (χ0) is 17.9. The summed E-state index contributed by atoms with van der Waals surface area (Å²) in [5.41, 5.74) is 0.564. The molecule has 6 nitrogen and oxygen atoms in total. The van der Waals surface area contributed by atoms with E-state index >= 15 is 0 Å². The lowest BCUT2D eigenvalue weighted by atomic mass is 10.1. The van der Waals surface area contributed by atoms with E-state index in [1.54, 1.807) is 6.07 Å². The smallest absolute Gasteiger partial charge is 0.341 e. The lowest BCUT2D eigenvalue weighted by Crippen LogP contribution is -2.27. The van der Waals surface area contributed by atoms with Crippen LogP contribution in [0, 0.1) is 0 Å². The van der Waals surface area contributed by atoms with Crippen LogP contribution in [0.15, 0.2) is 18.2 Å². The Labute approximate surface area is 143 Å². The largest absolute Gasteiger partial charge is 0.507 e. The third-order valence-electron chi connectivity index (χ3n) is 3.78. The molecule has 0 aliphatic rings. The summed E-state index contributed by atoms with van der Waals surface area (Å²) >= 11 is 0. The van der Waals surface area contributed by atoms with Gasteiger partial charge in [0.2, 0.25) is 5.91 Å². The van der Waals surface area contributed by atoms with Gasteiger partial charge in [-0.1, -0.05) is 27.2 Å². The molecule has 0 atom stereocenters. The first-order valence-electron chi connectivity index (χ1n) is 8.54. The second kappa shape index (κ2) is 10.6. The van der Waals surface area contributed by atoms with E-state index in [-0.39, 0.29) is 17.2 Å². The van der Waals surface area contributed by atoms with E-state index in [1.165, 1.54) is 12.1 Å². The Bertz CT molecular complexity index is 542. The quantitative estimate of drug-likeness (QED) is 0.507. The van der Waals surface area contributed by atoms with Gasteiger partial charge in [0.25, 0.3) is 0 Å². The van der Waals surface area contributed by atoms with Gasteiger partial charge in [-0.3, -0.25) is 4.79 Å².